The molecule has 3 aliphatic carbocycles. The lowest BCUT2D eigenvalue weighted by atomic mass is 9.44. The molecule has 2 bridgehead atoms. The lowest BCUT2D eigenvalue weighted by Gasteiger charge is -2.63. The molecule has 0 aromatic carbocycles. The lowest BCUT2D eigenvalue weighted by molar-refractivity contribution is -0.439. The second-order valence-corrected chi connectivity index (χ2v) is 6.40. The van der Waals surface area contributed by atoms with E-state index in [2.05, 4.69) is 27.4 Å². The van der Waals surface area contributed by atoms with E-state index in [1.165, 1.54) is 12.8 Å². The van der Waals surface area contributed by atoms with Gasteiger partial charge in [0.25, 0.3) is 0 Å². The van der Waals surface area contributed by atoms with Gasteiger partial charge in [0.1, 0.15) is 5.60 Å². The van der Waals surface area contributed by atoms with Crippen LogP contribution in [0.4, 0.5) is 0 Å². The van der Waals surface area contributed by atoms with Crippen LogP contribution in [0.5, 0.6) is 0 Å². The third-order valence-electron chi connectivity index (χ3n) is 5.05. The van der Waals surface area contributed by atoms with Crippen molar-refractivity contribution >= 4 is 0 Å². The molecule has 3 rings (SSSR count). The van der Waals surface area contributed by atoms with Crippen LogP contribution in [0.1, 0.15) is 47.0 Å². The summed E-state index contributed by atoms with van der Waals surface area (Å²) in [5, 5.41) is 0. The van der Waals surface area contributed by atoms with E-state index in [-0.39, 0.29) is 5.60 Å². The Hall–Kier alpha value is -0.380. The first-order chi connectivity index (χ1) is 8.44. The van der Waals surface area contributed by atoms with E-state index in [1.54, 1.807) is 6.08 Å². The molecule has 4 unspecified atom stereocenters. The van der Waals surface area contributed by atoms with Crippen molar-refractivity contribution < 1.29 is 14.5 Å². The Morgan fingerprint density at radius 2 is 2.11 bits per heavy atom. The molecule has 0 aromatic rings. The predicted octanol–water partition coefficient (Wildman–Crippen LogP) is 3.70. The van der Waals surface area contributed by atoms with Crippen molar-refractivity contribution in [3.05, 3.63) is 12.7 Å². The Kier molecular flexibility index (Phi) is 3.86. The van der Waals surface area contributed by atoms with E-state index in [9.17, 15) is 0 Å². The van der Waals surface area contributed by atoms with Crippen LogP contribution >= 0.6 is 0 Å². The molecule has 0 saturated heterocycles. The van der Waals surface area contributed by atoms with Crippen molar-refractivity contribution in [2.75, 3.05) is 6.61 Å². The monoisotopic (exact) mass is 254 g/mol. The van der Waals surface area contributed by atoms with Gasteiger partial charge in [0.05, 0.1) is 0 Å². The first-order valence-electron chi connectivity index (χ1n) is 7.02. The Bertz CT molecular complexity index is 311. The molecule has 0 amide bonds. The molecule has 0 spiro atoms. The van der Waals surface area contributed by atoms with Crippen molar-refractivity contribution in [3.63, 3.8) is 0 Å². The smallest absolute Gasteiger partial charge is 0.210 e. The highest BCUT2D eigenvalue weighted by molar-refractivity contribution is 5.09. The fraction of sp³-hybridized carbons (Fsp3) is 0.867. The summed E-state index contributed by atoms with van der Waals surface area (Å²) < 4.78 is 5.36. The van der Waals surface area contributed by atoms with Crippen LogP contribution in [-0.4, -0.2) is 18.5 Å². The summed E-state index contributed by atoms with van der Waals surface area (Å²) in [6.45, 7) is 13.1. The molecule has 0 radical (unpaired) electrons. The molecule has 18 heavy (non-hydrogen) atoms. The number of rotatable bonds is 6. The molecule has 0 heterocycles. The topological polar surface area (TPSA) is 27.7 Å². The van der Waals surface area contributed by atoms with Crippen molar-refractivity contribution in [1.82, 2.24) is 0 Å². The first kappa shape index (κ1) is 14.0. The molecule has 3 fully saturated rings. The summed E-state index contributed by atoms with van der Waals surface area (Å²) in [5.41, 5.74) is 0.197. The van der Waals surface area contributed by atoms with Crippen molar-refractivity contribution in [2.45, 2.75) is 58.8 Å². The van der Waals surface area contributed by atoms with Crippen LogP contribution in [0.15, 0.2) is 12.7 Å². The van der Waals surface area contributed by atoms with E-state index >= 15 is 0 Å². The van der Waals surface area contributed by atoms with E-state index in [0.717, 1.165) is 12.3 Å². The summed E-state index contributed by atoms with van der Waals surface area (Å²) >= 11 is 0. The molecule has 3 heteroatoms. The summed E-state index contributed by atoms with van der Waals surface area (Å²) in [7, 11) is 0. The van der Waals surface area contributed by atoms with E-state index in [4.69, 9.17) is 14.5 Å². The molecular weight excluding hydrogens is 228 g/mol. The van der Waals surface area contributed by atoms with Crippen molar-refractivity contribution in [2.24, 2.45) is 17.3 Å². The second-order valence-electron chi connectivity index (χ2n) is 6.40. The van der Waals surface area contributed by atoms with Gasteiger partial charge < -0.3 is 4.74 Å². The highest BCUT2D eigenvalue weighted by atomic mass is 17.2. The van der Waals surface area contributed by atoms with E-state index < -0.39 is 6.29 Å². The van der Waals surface area contributed by atoms with Gasteiger partial charge in [-0.25, -0.2) is 4.89 Å². The highest BCUT2D eigenvalue weighted by Crippen LogP contribution is 2.63. The zero-order chi connectivity index (χ0) is 13.4. The number of ether oxygens (including phenoxy) is 1. The molecule has 0 aliphatic heterocycles. The van der Waals surface area contributed by atoms with Gasteiger partial charge in [-0.05, 0) is 56.4 Å². The average Bonchev–Trinajstić information content (AvgIpc) is 2.34. The summed E-state index contributed by atoms with van der Waals surface area (Å²) in [6, 6.07) is 0. The van der Waals surface area contributed by atoms with Gasteiger partial charge in [-0.15, -0.1) is 0 Å². The minimum atomic E-state index is -0.465. The maximum Gasteiger partial charge on any atom is 0.210 e. The van der Waals surface area contributed by atoms with Gasteiger partial charge in [-0.1, -0.05) is 20.4 Å². The third kappa shape index (κ3) is 2.24. The number of fused-ring (bicyclic) bond motifs is 2. The Morgan fingerprint density at radius 3 is 2.61 bits per heavy atom. The fourth-order valence-electron chi connectivity index (χ4n) is 3.73. The Labute approximate surface area is 110 Å². The van der Waals surface area contributed by atoms with Gasteiger partial charge in [-0.2, -0.15) is 4.89 Å². The fourth-order valence-corrected chi connectivity index (χ4v) is 3.73. The predicted molar refractivity (Wildman–Crippen MR) is 70.8 cm³/mol. The third-order valence-corrected chi connectivity index (χ3v) is 5.05. The normalized spacial score (nSPS) is 38.9. The van der Waals surface area contributed by atoms with Gasteiger partial charge in [0, 0.05) is 6.61 Å². The maximum atomic E-state index is 5.77. The molecule has 0 N–H and O–H groups in total. The van der Waals surface area contributed by atoms with Crippen LogP contribution in [0.25, 0.3) is 0 Å². The molecule has 4 atom stereocenters. The molecular formula is C15H26O3. The zero-order valence-corrected chi connectivity index (χ0v) is 12.1. The lowest BCUT2D eigenvalue weighted by Crippen LogP contribution is -2.61. The Morgan fingerprint density at radius 1 is 1.39 bits per heavy atom. The van der Waals surface area contributed by atoms with Crippen LogP contribution < -0.4 is 0 Å². The Balaban J connectivity index is 1.93. The molecule has 3 nitrogen and oxygen atoms in total. The maximum absolute atomic E-state index is 5.77. The summed E-state index contributed by atoms with van der Waals surface area (Å²) in [4.78, 5) is 11.2. The molecule has 3 aliphatic rings. The standard InChI is InChI=1S/C15H26O3/c1-6-13(16-7-2)17-18-15(5)9-8-11-10-12(15)14(11,3)4/h6,11-13H,1,7-10H2,2-5H3. The van der Waals surface area contributed by atoms with Gasteiger partial charge in [-0.3, -0.25) is 0 Å². The van der Waals surface area contributed by atoms with Gasteiger partial charge in [0.2, 0.25) is 6.29 Å². The number of hydrogen-bond acceptors (Lipinski definition) is 3. The molecule has 0 aromatic heterocycles. The minimum absolute atomic E-state index is 0.184. The van der Waals surface area contributed by atoms with Crippen LogP contribution in [0.2, 0.25) is 0 Å². The summed E-state index contributed by atoms with van der Waals surface area (Å²) in [6.07, 6.45) is 4.73. The second kappa shape index (κ2) is 4.95. The van der Waals surface area contributed by atoms with Crippen molar-refractivity contribution in [1.29, 1.82) is 0 Å². The molecule has 3 saturated carbocycles. The SMILES string of the molecule is C=CC(OCC)OOC1(C)CCC2CC1C2(C)C. The quantitative estimate of drug-likeness (QED) is 0.313. The van der Waals surface area contributed by atoms with Crippen LogP contribution in [-0.2, 0) is 14.5 Å². The largest absolute Gasteiger partial charge is 0.347 e. The molecule has 104 valence electrons. The van der Waals surface area contributed by atoms with Crippen molar-refractivity contribution in [3.8, 4) is 0 Å². The van der Waals surface area contributed by atoms with Crippen LogP contribution in [0.3, 0.4) is 0 Å². The van der Waals surface area contributed by atoms with E-state index in [0.29, 0.717) is 17.9 Å². The highest BCUT2D eigenvalue weighted by Gasteiger charge is 2.60. The van der Waals surface area contributed by atoms with Gasteiger partial charge in [0.15, 0.2) is 0 Å². The number of hydrogen-bond donors (Lipinski definition) is 0. The van der Waals surface area contributed by atoms with E-state index in [1.807, 2.05) is 6.92 Å². The minimum Gasteiger partial charge on any atom is -0.347 e. The van der Waals surface area contributed by atoms with Crippen LogP contribution in [0, 0.1) is 17.3 Å². The summed E-state index contributed by atoms with van der Waals surface area (Å²) in [5.74, 6) is 1.44. The first-order valence-corrected chi connectivity index (χ1v) is 7.02. The van der Waals surface area contributed by atoms with Gasteiger partial charge >= 0.3 is 0 Å². The average molecular weight is 254 g/mol. The zero-order valence-electron chi connectivity index (χ0n) is 12.1.